The van der Waals surface area contributed by atoms with E-state index in [-0.39, 0.29) is 17.4 Å². The second-order valence-corrected chi connectivity index (χ2v) is 4.51. The Morgan fingerprint density at radius 1 is 1.45 bits per heavy atom. The molecule has 1 rings (SSSR count). The third-order valence-corrected chi connectivity index (χ3v) is 3.31. The highest BCUT2D eigenvalue weighted by atomic mass is 16.5. The number of aryl methyl sites for hydroxylation is 1. The number of amides is 1. The Kier molecular flexibility index (Phi) is 5.12. The molecule has 2 N–H and O–H groups in total. The maximum Gasteiger partial charge on any atom is 0.360 e. The number of ether oxygens (including phenoxy) is 1. The van der Waals surface area contributed by atoms with Gasteiger partial charge in [0.25, 0.3) is 0 Å². The summed E-state index contributed by atoms with van der Waals surface area (Å²) in [5.74, 6) is 0.0782. The molecule has 0 aliphatic carbocycles. The first-order valence-electron chi connectivity index (χ1n) is 6.58. The molecule has 0 radical (unpaired) electrons. The molecule has 0 aliphatic rings. The van der Waals surface area contributed by atoms with Crippen LogP contribution < -0.4 is 5.73 Å². The van der Waals surface area contributed by atoms with Crippen LogP contribution in [-0.2, 0) is 16.0 Å². The van der Waals surface area contributed by atoms with Crippen LogP contribution in [0.3, 0.4) is 0 Å². The number of imidazole rings is 1. The van der Waals surface area contributed by atoms with Crippen molar-refractivity contribution in [2.45, 2.75) is 33.2 Å². The molecule has 0 bridgehead atoms. The highest BCUT2D eigenvalue weighted by molar-refractivity contribution is 5.93. The van der Waals surface area contributed by atoms with Crippen molar-refractivity contribution in [2.75, 3.05) is 26.4 Å². The van der Waals surface area contributed by atoms with Gasteiger partial charge in [-0.2, -0.15) is 0 Å². The van der Waals surface area contributed by atoms with Crippen LogP contribution in [0.2, 0.25) is 0 Å². The Morgan fingerprint density at radius 2 is 2.05 bits per heavy atom. The third kappa shape index (κ3) is 2.76. The lowest BCUT2D eigenvalue weighted by molar-refractivity contribution is -0.132. The molecule has 1 amide bonds. The summed E-state index contributed by atoms with van der Waals surface area (Å²) >= 11 is 0. The average Bonchev–Trinajstić information content (AvgIpc) is 2.80. The number of carbonyl (C=O) groups excluding carboxylic acids is 2. The fourth-order valence-electron chi connectivity index (χ4n) is 2.01. The fourth-order valence-corrected chi connectivity index (χ4v) is 2.01. The van der Waals surface area contributed by atoms with Crippen LogP contribution in [0.4, 0.5) is 5.82 Å². The van der Waals surface area contributed by atoms with E-state index in [2.05, 4.69) is 9.72 Å². The Balaban J connectivity index is 3.26. The van der Waals surface area contributed by atoms with Crippen LogP contribution in [0.15, 0.2) is 0 Å². The van der Waals surface area contributed by atoms with Crippen LogP contribution in [0.5, 0.6) is 0 Å². The van der Waals surface area contributed by atoms with Gasteiger partial charge in [-0.3, -0.25) is 4.79 Å². The summed E-state index contributed by atoms with van der Waals surface area (Å²) < 4.78 is 6.25. The average molecular weight is 282 g/mol. The zero-order valence-electron chi connectivity index (χ0n) is 12.6. The lowest BCUT2D eigenvalue weighted by Crippen LogP contribution is -2.34. The van der Waals surface area contributed by atoms with Gasteiger partial charge in [-0.05, 0) is 13.8 Å². The molecule has 0 spiro atoms. The van der Waals surface area contributed by atoms with Gasteiger partial charge >= 0.3 is 5.97 Å². The number of nitrogens with two attached hydrogens (primary N) is 1. The molecule has 7 nitrogen and oxygen atoms in total. The number of carbonyl (C=O) groups is 2. The van der Waals surface area contributed by atoms with Gasteiger partial charge in [-0.15, -0.1) is 0 Å². The number of nitrogen functional groups attached to an aromatic ring is 1. The van der Waals surface area contributed by atoms with Gasteiger partial charge < -0.3 is 19.9 Å². The van der Waals surface area contributed by atoms with E-state index in [9.17, 15) is 9.59 Å². The van der Waals surface area contributed by atoms with Gasteiger partial charge in [0.15, 0.2) is 5.69 Å². The number of hydrogen-bond donors (Lipinski definition) is 1. The standard InChI is InChI=1S/C13H22N4O3/c1-6-9-15-10(13(19)20-5)11(14)17(9)8(3)12(18)16(4)7-2/h8H,6-7,14H2,1-5H3. The zero-order chi connectivity index (χ0) is 15.4. The summed E-state index contributed by atoms with van der Waals surface area (Å²) in [5.41, 5.74) is 6.02. The molecule has 1 aromatic rings. The normalized spacial score (nSPS) is 12.1. The summed E-state index contributed by atoms with van der Waals surface area (Å²) in [4.78, 5) is 29.7. The minimum atomic E-state index is -0.598. The molecule has 7 heteroatoms. The van der Waals surface area contributed by atoms with Crippen molar-refractivity contribution < 1.29 is 14.3 Å². The Bertz CT molecular complexity index is 510. The predicted octanol–water partition coefficient (Wildman–Crippen LogP) is 0.854. The number of hydrogen-bond acceptors (Lipinski definition) is 5. The van der Waals surface area contributed by atoms with Gasteiger partial charge in [-0.1, -0.05) is 6.92 Å². The summed E-state index contributed by atoms with van der Waals surface area (Å²) in [5, 5.41) is 0. The van der Waals surface area contributed by atoms with Crippen LogP contribution in [0, 0.1) is 0 Å². The number of esters is 1. The zero-order valence-corrected chi connectivity index (χ0v) is 12.6. The van der Waals surface area contributed by atoms with Crippen molar-refractivity contribution in [3.63, 3.8) is 0 Å². The van der Waals surface area contributed by atoms with Crippen molar-refractivity contribution in [2.24, 2.45) is 0 Å². The molecule has 1 unspecified atom stereocenters. The van der Waals surface area contributed by atoms with E-state index in [1.807, 2.05) is 13.8 Å². The van der Waals surface area contributed by atoms with Crippen LogP contribution in [0.1, 0.15) is 43.1 Å². The smallest absolute Gasteiger partial charge is 0.360 e. The minimum Gasteiger partial charge on any atom is -0.464 e. The molecule has 0 aromatic carbocycles. The first kappa shape index (κ1) is 16.0. The Labute approximate surface area is 118 Å². The van der Waals surface area contributed by atoms with Gasteiger partial charge in [0, 0.05) is 20.0 Å². The molecule has 0 fully saturated rings. The maximum absolute atomic E-state index is 12.2. The number of likely N-dealkylation sites (N-methyl/N-ethyl adjacent to an activating group) is 1. The molecular weight excluding hydrogens is 260 g/mol. The largest absolute Gasteiger partial charge is 0.464 e. The quantitative estimate of drug-likeness (QED) is 0.809. The van der Waals surface area contributed by atoms with E-state index >= 15 is 0 Å². The Morgan fingerprint density at radius 3 is 2.50 bits per heavy atom. The van der Waals surface area contributed by atoms with Crippen molar-refractivity contribution in [3.8, 4) is 0 Å². The number of methoxy groups -OCH3 is 1. The van der Waals surface area contributed by atoms with Crippen molar-refractivity contribution in [1.29, 1.82) is 0 Å². The number of rotatable bonds is 5. The lowest BCUT2D eigenvalue weighted by atomic mass is 10.2. The summed E-state index contributed by atoms with van der Waals surface area (Å²) in [6.45, 7) is 6.12. The summed E-state index contributed by atoms with van der Waals surface area (Å²) in [6, 6.07) is -0.513. The fraction of sp³-hybridized carbons (Fsp3) is 0.615. The first-order valence-corrected chi connectivity index (χ1v) is 6.58. The number of anilines is 1. The first-order chi connectivity index (χ1) is 9.38. The Hall–Kier alpha value is -2.05. The van der Waals surface area contributed by atoms with Crippen LogP contribution in [-0.4, -0.2) is 47.0 Å². The van der Waals surface area contributed by atoms with E-state index in [4.69, 9.17) is 5.73 Å². The monoisotopic (exact) mass is 282 g/mol. The molecule has 0 aliphatic heterocycles. The summed E-state index contributed by atoms with van der Waals surface area (Å²) in [6.07, 6.45) is 0.564. The second-order valence-electron chi connectivity index (χ2n) is 4.51. The molecule has 1 atom stereocenters. The molecule has 112 valence electrons. The van der Waals surface area contributed by atoms with Crippen molar-refractivity contribution in [1.82, 2.24) is 14.5 Å². The van der Waals surface area contributed by atoms with Gasteiger partial charge in [0.2, 0.25) is 5.91 Å². The second kappa shape index (κ2) is 6.40. The number of nitrogens with zero attached hydrogens (tertiary/aromatic N) is 3. The SMILES string of the molecule is CCc1nc(C(=O)OC)c(N)n1C(C)C(=O)N(C)CC. The summed E-state index contributed by atoms with van der Waals surface area (Å²) in [7, 11) is 2.99. The van der Waals surface area contributed by atoms with E-state index in [1.54, 1.807) is 23.4 Å². The van der Waals surface area contributed by atoms with E-state index in [0.29, 0.717) is 18.8 Å². The highest BCUT2D eigenvalue weighted by Gasteiger charge is 2.27. The lowest BCUT2D eigenvalue weighted by Gasteiger charge is -2.22. The van der Waals surface area contributed by atoms with Crippen molar-refractivity contribution in [3.05, 3.63) is 11.5 Å². The minimum absolute atomic E-state index is 0.0585. The van der Waals surface area contributed by atoms with Crippen molar-refractivity contribution >= 4 is 17.7 Å². The number of aromatic nitrogens is 2. The van der Waals surface area contributed by atoms with Gasteiger partial charge in [-0.25, -0.2) is 9.78 Å². The molecule has 1 aromatic heterocycles. The molecule has 0 saturated heterocycles. The van der Waals surface area contributed by atoms with Crippen LogP contribution in [0.25, 0.3) is 0 Å². The maximum atomic E-state index is 12.2. The van der Waals surface area contributed by atoms with E-state index < -0.39 is 12.0 Å². The molecule has 0 saturated carbocycles. The molecule has 1 heterocycles. The van der Waals surface area contributed by atoms with Gasteiger partial charge in [0.1, 0.15) is 17.7 Å². The highest BCUT2D eigenvalue weighted by Crippen LogP contribution is 2.23. The molecule has 20 heavy (non-hydrogen) atoms. The van der Waals surface area contributed by atoms with Crippen LogP contribution >= 0.6 is 0 Å². The van der Waals surface area contributed by atoms with E-state index in [0.717, 1.165) is 0 Å². The van der Waals surface area contributed by atoms with E-state index in [1.165, 1.54) is 7.11 Å². The predicted molar refractivity (Wildman–Crippen MR) is 75.4 cm³/mol. The topological polar surface area (TPSA) is 90.4 Å². The van der Waals surface area contributed by atoms with Gasteiger partial charge in [0.05, 0.1) is 7.11 Å². The third-order valence-electron chi connectivity index (χ3n) is 3.31. The molecular formula is C13H22N4O3.